The van der Waals surface area contributed by atoms with E-state index in [0.29, 0.717) is 43.8 Å². The number of piperidine rings is 1. The molecule has 1 amide bonds. The summed E-state index contributed by atoms with van der Waals surface area (Å²) in [5.41, 5.74) is 2.08. The SMILES string of the molecule is COc1cc(C2=CCCN(c3nc(NC4CCN(C(C)=O)CC4)ncc3F)C2)ccn1. The molecule has 4 rings (SSSR count). The van der Waals surface area contributed by atoms with Gasteiger partial charge in [-0.2, -0.15) is 4.98 Å². The zero-order valence-electron chi connectivity index (χ0n) is 17.8. The van der Waals surface area contributed by atoms with Crippen LogP contribution in [0.25, 0.3) is 5.57 Å². The van der Waals surface area contributed by atoms with Crippen LogP contribution in [0.2, 0.25) is 0 Å². The molecule has 0 aromatic carbocycles. The van der Waals surface area contributed by atoms with Gasteiger partial charge in [0.05, 0.1) is 13.3 Å². The number of ether oxygens (including phenoxy) is 1. The molecule has 1 N–H and O–H groups in total. The van der Waals surface area contributed by atoms with Crippen LogP contribution in [-0.4, -0.2) is 65.1 Å². The maximum Gasteiger partial charge on any atom is 0.225 e. The van der Waals surface area contributed by atoms with Crippen molar-refractivity contribution in [2.45, 2.75) is 32.2 Å². The van der Waals surface area contributed by atoms with Gasteiger partial charge in [-0.05, 0) is 36.5 Å². The Balaban J connectivity index is 1.46. The molecule has 4 heterocycles. The van der Waals surface area contributed by atoms with Gasteiger partial charge in [0.2, 0.25) is 17.7 Å². The molecule has 31 heavy (non-hydrogen) atoms. The summed E-state index contributed by atoms with van der Waals surface area (Å²) in [5, 5.41) is 3.31. The monoisotopic (exact) mass is 426 g/mol. The molecule has 0 bridgehead atoms. The number of rotatable bonds is 5. The van der Waals surface area contributed by atoms with E-state index < -0.39 is 5.82 Å². The topological polar surface area (TPSA) is 83.5 Å². The number of nitrogens with one attached hydrogen (secondary N) is 1. The number of carbonyl (C=O) groups excluding carboxylic acids is 1. The predicted octanol–water partition coefficient (Wildman–Crippen LogP) is 2.74. The van der Waals surface area contributed by atoms with E-state index in [1.807, 2.05) is 21.9 Å². The molecule has 2 aliphatic rings. The Morgan fingerprint density at radius 1 is 1.26 bits per heavy atom. The highest BCUT2D eigenvalue weighted by atomic mass is 19.1. The second-order valence-corrected chi connectivity index (χ2v) is 7.82. The van der Waals surface area contributed by atoms with Crippen LogP contribution in [0.3, 0.4) is 0 Å². The first-order chi connectivity index (χ1) is 15.0. The number of methoxy groups -OCH3 is 1. The second-order valence-electron chi connectivity index (χ2n) is 7.82. The first-order valence-electron chi connectivity index (χ1n) is 10.5. The van der Waals surface area contributed by atoms with Gasteiger partial charge in [0.15, 0.2) is 11.6 Å². The lowest BCUT2D eigenvalue weighted by atomic mass is 10.0. The van der Waals surface area contributed by atoms with Crippen LogP contribution in [0, 0.1) is 5.82 Å². The summed E-state index contributed by atoms with van der Waals surface area (Å²) < 4.78 is 19.9. The van der Waals surface area contributed by atoms with Crippen LogP contribution in [0.15, 0.2) is 30.6 Å². The molecule has 9 heteroatoms. The number of likely N-dealkylation sites (tertiary alicyclic amines) is 1. The van der Waals surface area contributed by atoms with Gasteiger partial charge in [-0.3, -0.25) is 4.79 Å². The molecule has 0 radical (unpaired) electrons. The number of hydrogen-bond donors (Lipinski definition) is 1. The number of anilines is 2. The van der Waals surface area contributed by atoms with E-state index in [1.165, 1.54) is 6.20 Å². The van der Waals surface area contributed by atoms with E-state index in [9.17, 15) is 9.18 Å². The lowest BCUT2D eigenvalue weighted by Crippen LogP contribution is -2.41. The summed E-state index contributed by atoms with van der Waals surface area (Å²) in [6.07, 6.45) is 7.51. The van der Waals surface area contributed by atoms with Gasteiger partial charge in [0, 0.05) is 51.4 Å². The van der Waals surface area contributed by atoms with Crippen LogP contribution in [-0.2, 0) is 4.79 Å². The normalized spacial score (nSPS) is 17.3. The quantitative estimate of drug-likeness (QED) is 0.787. The van der Waals surface area contributed by atoms with E-state index in [1.54, 1.807) is 20.2 Å². The van der Waals surface area contributed by atoms with Gasteiger partial charge in [-0.15, -0.1) is 0 Å². The minimum absolute atomic E-state index is 0.0968. The van der Waals surface area contributed by atoms with Crippen molar-refractivity contribution in [1.82, 2.24) is 19.9 Å². The van der Waals surface area contributed by atoms with E-state index in [2.05, 4.69) is 26.3 Å². The Labute approximate surface area is 181 Å². The molecule has 0 atom stereocenters. The Hall–Kier alpha value is -3.23. The van der Waals surface area contributed by atoms with E-state index in [4.69, 9.17) is 4.74 Å². The number of aromatic nitrogens is 3. The second kappa shape index (κ2) is 9.28. The first kappa shape index (κ1) is 21.0. The molecule has 0 unspecified atom stereocenters. The number of carbonyl (C=O) groups is 1. The smallest absolute Gasteiger partial charge is 0.225 e. The lowest BCUT2D eigenvalue weighted by molar-refractivity contribution is -0.129. The molecular formula is C22H27FN6O2. The number of nitrogens with zero attached hydrogens (tertiary/aromatic N) is 5. The third-order valence-electron chi connectivity index (χ3n) is 5.76. The Bertz CT molecular complexity index is 974. The summed E-state index contributed by atoms with van der Waals surface area (Å²) in [7, 11) is 1.59. The zero-order chi connectivity index (χ0) is 21.8. The fraction of sp³-hybridized carbons (Fsp3) is 0.455. The standard InChI is InChI=1S/C22H27FN6O2/c1-15(30)28-10-6-18(7-11-28)26-22-25-13-19(23)21(27-22)29-9-3-4-17(14-29)16-5-8-24-20(12-16)31-2/h4-5,8,12-13,18H,3,6-7,9-11,14H2,1-2H3,(H,25,26,27). The van der Waals surface area contributed by atoms with E-state index >= 15 is 0 Å². The van der Waals surface area contributed by atoms with Gasteiger partial charge in [-0.25, -0.2) is 14.4 Å². The van der Waals surface area contributed by atoms with E-state index in [0.717, 1.165) is 30.4 Å². The highest BCUT2D eigenvalue weighted by Crippen LogP contribution is 2.27. The minimum atomic E-state index is -0.439. The average molecular weight is 426 g/mol. The molecule has 8 nitrogen and oxygen atoms in total. The molecule has 2 aliphatic heterocycles. The Morgan fingerprint density at radius 2 is 2.06 bits per heavy atom. The molecule has 2 aromatic rings. The van der Waals surface area contributed by atoms with Crippen LogP contribution in [0.4, 0.5) is 16.2 Å². The molecule has 1 saturated heterocycles. The van der Waals surface area contributed by atoms with Gasteiger partial charge >= 0.3 is 0 Å². The maximum absolute atomic E-state index is 14.6. The van der Waals surface area contributed by atoms with Crippen LogP contribution in [0.1, 0.15) is 31.7 Å². The van der Waals surface area contributed by atoms with Crippen LogP contribution < -0.4 is 15.0 Å². The van der Waals surface area contributed by atoms with Crippen LogP contribution in [0.5, 0.6) is 5.88 Å². The number of halogens is 1. The van der Waals surface area contributed by atoms with Crippen molar-refractivity contribution in [1.29, 1.82) is 0 Å². The summed E-state index contributed by atoms with van der Waals surface area (Å²) in [5.74, 6) is 0.917. The zero-order valence-corrected chi connectivity index (χ0v) is 17.8. The largest absolute Gasteiger partial charge is 0.481 e. The average Bonchev–Trinajstić information content (AvgIpc) is 2.81. The maximum atomic E-state index is 14.6. The van der Waals surface area contributed by atoms with Gasteiger partial charge < -0.3 is 19.9 Å². The molecular weight excluding hydrogens is 399 g/mol. The number of pyridine rings is 1. The molecule has 1 fully saturated rings. The highest BCUT2D eigenvalue weighted by Gasteiger charge is 2.23. The summed E-state index contributed by atoms with van der Waals surface area (Å²) in [6, 6.07) is 3.97. The highest BCUT2D eigenvalue weighted by molar-refractivity contribution is 5.73. The van der Waals surface area contributed by atoms with Crippen molar-refractivity contribution >= 4 is 23.2 Å². The molecule has 0 saturated carbocycles. The fourth-order valence-electron chi connectivity index (χ4n) is 4.03. The summed E-state index contributed by atoms with van der Waals surface area (Å²) in [6.45, 7) is 4.22. The van der Waals surface area contributed by atoms with E-state index in [-0.39, 0.29) is 11.9 Å². The van der Waals surface area contributed by atoms with Crippen molar-refractivity contribution in [3.63, 3.8) is 0 Å². The third-order valence-corrected chi connectivity index (χ3v) is 5.76. The van der Waals surface area contributed by atoms with Crippen molar-refractivity contribution in [3.05, 3.63) is 42.0 Å². The van der Waals surface area contributed by atoms with Crippen molar-refractivity contribution in [3.8, 4) is 5.88 Å². The Morgan fingerprint density at radius 3 is 2.81 bits per heavy atom. The summed E-state index contributed by atoms with van der Waals surface area (Å²) >= 11 is 0. The summed E-state index contributed by atoms with van der Waals surface area (Å²) in [4.78, 5) is 28.1. The molecule has 164 valence electrons. The number of hydrogen-bond acceptors (Lipinski definition) is 7. The lowest BCUT2D eigenvalue weighted by Gasteiger charge is -2.32. The first-order valence-corrected chi connectivity index (χ1v) is 10.5. The van der Waals surface area contributed by atoms with Crippen LogP contribution >= 0.6 is 0 Å². The minimum Gasteiger partial charge on any atom is -0.481 e. The fourth-order valence-corrected chi connectivity index (χ4v) is 4.03. The van der Waals surface area contributed by atoms with Gasteiger partial charge in [0.1, 0.15) is 0 Å². The molecule has 0 spiro atoms. The van der Waals surface area contributed by atoms with Gasteiger partial charge in [-0.1, -0.05) is 6.08 Å². The van der Waals surface area contributed by atoms with Crippen molar-refractivity contribution in [2.24, 2.45) is 0 Å². The molecule has 2 aromatic heterocycles. The van der Waals surface area contributed by atoms with Crippen molar-refractivity contribution < 1.29 is 13.9 Å². The number of amides is 1. The van der Waals surface area contributed by atoms with Crippen molar-refractivity contribution in [2.75, 3.05) is 43.5 Å². The Kier molecular flexibility index (Phi) is 6.29. The molecule has 0 aliphatic carbocycles. The third kappa shape index (κ3) is 4.92. The predicted molar refractivity (Wildman–Crippen MR) is 116 cm³/mol. The van der Waals surface area contributed by atoms with Gasteiger partial charge in [0.25, 0.3) is 0 Å².